The molecule has 15 heavy (non-hydrogen) atoms. The lowest BCUT2D eigenvalue weighted by Crippen LogP contribution is -1.94. The third-order valence-electron chi connectivity index (χ3n) is 2.36. The summed E-state index contributed by atoms with van der Waals surface area (Å²) >= 11 is 4.32. The highest BCUT2D eigenvalue weighted by molar-refractivity contribution is 7.80. The number of nitrogen functional groups attached to an aromatic ring is 1. The second-order valence-electron chi connectivity index (χ2n) is 3.55. The number of para-hydroxylation sites is 1. The molecule has 0 spiro atoms. The highest BCUT2D eigenvalue weighted by Gasteiger charge is 1.99. The van der Waals surface area contributed by atoms with Crippen LogP contribution in [0.25, 0.3) is 0 Å². The van der Waals surface area contributed by atoms with Crippen LogP contribution in [0.5, 0.6) is 0 Å². The predicted molar refractivity (Wildman–Crippen MR) is 67.4 cm³/mol. The quantitative estimate of drug-likeness (QED) is 0.584. The molecule has 0 radical (unpaired) electrons. The summed E-state index contributed by atoms with van der Waals surface area (Å²) in [6, 6.07) is 16.1. The molecule has 0 atom stereocenters. The van der Waals surface area contributed by atoms with Gasteiger partial charge in [-0.1, -0.05) is 30.3 Å². The topological polar surface area (TPSA) is 26.0 Å². The number of anilines is 1. The largest absolute Gasteiger partial charge is 0.398 e. The molecule has 0 amide bonds. The Kier molecular flexibility index (Phi) is 2.97. The zero-order valence-corrected chi connectivity index (χ0v) is 9.24. The average Bonchev–Trinajstić information content (AvgIpc) is 2.22. The van der Waals surface area contributed by atoms with Crippen molar-refractivity contribution < 1.29 is 0 Å². The van der Waals surface area contributed by atoms with Gasteiger partial charge in [-0.05, 0) is 35.7 Å². The van der Waals surface area contributed by atoms with E-state index in [2.05, 4.69) is 30.8 Å². The lowest BCUT2D eigenvalue weighted by atomic mass is 10.0. The number of nitrogens with two attached hydrogens (primary N) is 1. The Morgan fingerprint density at radius 3 is 2.53 bits per heavy atom. The van der Waals surface area contributed by atoms with Crippen LogP contribution in [0.15, 0.2) is 53.4 Å². The standard InChI is InChI=1S/C13H13NS/c14-13-7-2-1-5-11(13)8-10-4-3-6-12(15)9-10/h1-7,9,15H,8,14H2. The molecule has 0 heterocycles. The van der Waals surface area contributed by atoms with Gasteiger partial charge in [0.1, 0.15) is 0 Å². The van der Waals surface area contributed by atoms with Crippen molar-refractivity contribution in [1.29, 1.82) is 0 Å². The van der Waals surface area contributed by atoms with Crippen molar-refractivity contribution in [1.82, 2.24) is 0 Å². The highest BCUT2D eigenvalue weighted by atomic mass is 32.1. The first-order valence-corrected chi connectivity index (χ1v) is 5.32. The maximum Gasteiger partial charge on any atom is 0.0349 e. The fourth-order valence-corrected chi connectivity index (χ4v) is 1.83. The molecule has 0 fully saturated rings. The molecule has 0 unspecified atom stereocenters. The van der Waals surface area contributed by atoms with Gasteiger partial charge in [0.15, 0.2) is 0 Å². The average molecular weight is 215 g/mol. The van der Waals surface area contributed by atoms with E-state index in [0.29, 0.717) is 0 Å². The first kappa shape index (κ1) is 10.1. The summed E-state index contributed by atoms with van der Waals surface area (Å²) < 4.78 is 0. The minimum Gasteiger partial charge on any atom is -0.398 e. The van der Waals surface area contributed by atoms with Gasteiger partial charge in [-0.15, -0.1) is 12.6 Å². The monoisotopic (exact) mass is 215 g/mol. The second kappa shape index (κ2) is 4.41. The first-order valence-electron chi connectivity index (χ1n) is 4.87. The van der Waals surface area contributed by atoms with Crippen LogP contribution in [-0.4, -0.2) is 0 Å². The Morgan fingerprint density at radius 2 is 1.80 bits per heavy atom. The van der Waals surface area contributed by atoms with E-state index < -0.39 is 0 Å². The van der Waals surface area contributed by atoms with Crippen molar-refractivity contribution in [3.8, 4) is 0 Å². The normalized spacial score (nSPS) is 10.2. The molecular weight excluding hydrogens is 202 g/mol. The van der Waals surface area contributed by atoms with E-state index in [9.17, 15) is 0 Å². The molecule has 1 nitrogen and oxygen atoms in total. The Morgan fingerprint density at radius 1 is 1.00 bits per heavy atom. The van der Waals surface area contributed by atoms with Gasteiger partial charge in [-0.2, -0.15) is 0 Å². The fraction of sp³-hybridized carbons (Fsp3) is 0.0769. The molecule has 2 aromatic rings. The van der Waals surface area contributed by atoms with E-state index in [1.807, 2.05) is 30.3 Å². The maximum atomic E-state index is 5.89. The molecule has 2 rings (SSSR count). The summed E-state index contributed by atoms with van der Waals surface area (Å²) in [4.78, 5) is 0.988. The predicted octanol–water partition coefficient (Wildman–Crippen LogP) is 3.15. The summed E-state index contributed by atoms with van der Waals surface area (Å²) in [5.74, 6) is 0. The van der Waals surface area contributed by atoms with Gasteiger partial charge in [-0.3, -0.25) is 0 Å². The summed E-state index contributed by atoms with van der Waals surface area (Å²) in [6.45, 7) is 0. The minimum absolute atomic E-state index is 0.849. The number of rotatable bonds is 2. The molecule has 2 heteroatoms. The summed E-state index contributed by atoms with van der Waals surface area (Å²) in [6.07, 6.45) is 0.862. The van der Waals surface area contributed by atoms with Crippen LogP contribution in [0.1, 0.15) is 11.1 Å². The molecular formula is C13H13NS. The van der Waals surface area contributed by atoms with Gasteiger partial charge in [-0.25, -0.2) is 0 Å². The lowest BCUT2D eigenvalue weighted by molar-refractivity contribution is 1.18. The van der Waals surface area contributed by atoms with Gasteiger partial charge in [0, 0.05) is 10.6 Å². The van der Waals surface area contributed by atoms with Gasteiger partial charge in [0.25, 0.3) is 0 Å². The molecule has 0 saturated carbocycles. The third-order valence-corrected chi connectivity index (χ3v) is 2.64. The maximum absolute atomic E-state index is 5.89. The lowest BCUT2D eigenvalue weighted by Gasteiger charge is -2.05. The van der Waals surface area contributed by atoms with Crippen molar-refractivity contribution >= 4 is 18.3 Å². The molecule has 0 saturated heterocycles. The number of benzene rings is 2. The van der Waals surface area contributed by atoms with Crippen LogP contribution in [0, 0.1) is 0 Å². The molecule has 2 N–H and O–H groups in total. The van der Waals surface area contributed by atoms with Crippen LogP contribution in [0.3, 0.4) is 0 Å². The van der Waals surface area contributed by atoms with E-state index in [-0.39, 0.29) is 0 Å². The first-order chi connectivity index (χ1) is 7.25. The van der Waals surface area contributed by atoms with Crippen LogP contribution in [0.2, 0.25) is 0 Å². The molecule has 0 aromatic heterocycles. The van der Waals surface area contributed by atoms with E-state index in [4.69, 9.17) is 5.73 Å². The second-order valence-corrected chi connectivity index (χ2v) is 4.06. The number of hydrogen-bond acceptors (Lipinski definition) is 2. The van der Waals surface area contributed by atoms with Gasteiger partial charge in [0.05, 0.1) is 0 Å². The molecule has 2 aromatic carbocycles. The summed E-state index contributed by atoms with van der Waals surface area (Å²) in [7, 11) is 0. The van der Waals surface area contributed by atoms with Crippen molar-refractivity contribution in [2.75, 3.05) is 5.73 Å². The Labute approximate surface area is 95.3 Å². The highest BCUT2D eigenvalue weighted by Crippen LogP contribution is 2.17. The van der Waals surface area contributed by atoms with Gasteiger partial charge < -0.3 is 5.73 Å². The molecule has 0 bridgehead atoms. The van der Waals surface area contributed by atoms with Crippen LogP contribution >= 0.6 is 12.6 Å². The van der Waals surface area contributed by atoms with E-state index in [1.165, 1.54) is 5.56 Å². The Balaban J connectivity index is 2.26. The molecule has 0 aliphatic heterocycles. The Hall–Kier alpha value is -1.41. The zero-order valence-electron chi connectivity index (χ0n) is 8.35. The van der Waals surface area contributed by atoms with Crippen molar-refractivity contribution in [3.05, 3.63) is 59.7 Å². The SMILES string of the molecule is Nc1ccccc1Cc1cccc(S)c1. The third kappa shape index (κ3) is 2.54. The summed E-state index contributed by atoms with van der Waals surface area (Å²) in [5.41, 5.74) is 9.14. The smallest absolute Gasteiger partial charge is 0.0349 e. The van der Waals surface area contributed by atoms with E-state index in [1.54, 1.807) is 0 Å². The van der Waals surface area contributed by atoms with E-state index >= 15 is 0 Å². The van der Waals surface area contributed by atoms with Crippen LogP contribution in [0.4, 0.5) is 5.69 Å². The summed E-state index contributed by atoms with van der Waals surface area (Å²) in [5, 5.41) is 0. The number of hydrogen-bond donors (Lipinski definition) is 2. The van der Waals surface area contributed by atoms with Crippen molar-refractivity contribution in [2.24, 2.45) is 0 Å². The van der Waals surface area contributed by atoms with Crippen molar-refractivity contribution in [3.63, 3.8) is 0 Å². The van der Waals surface area contributed by atoms with Crippen LogP contribution < -0.4 is 5.73 Å². The van der Waals surface area contributed by atoms with E-state index in [0.717, 1.165) is 22.6 Å². The molecule has 0 aliphatic carbocycles. The number of thiol groups is 1. The minimum atomic E-state index is 0.849. The fourth-order valence-electron chi connectivity index (χ4n) is 1.58. The van der Waals surface area contributed by atoms with Crippen molar-refractivity contribution in [2.45, 2.75) is 11.3 Å². The zero-order chi connectivity index (χ0) is 10.7. The van der Waals surface area contributed by atoms with Gasteiger partial charge in [0.2, 0.25) is 0 Å². The van der Waals surface area contributed by atoms with Gasteiger partial charge >= 0.3 is 0 Å². The molecule has 76 valence electrons. The molecule has 0 aliphatic rings. The Bertz CT molecular complexity index is 466. The van der Waals surface area contributed by atoms with Crippen LogP contribution in [-0.2, 0) is 6.42 Å².